The molecule has 0 amide bonds. The van der Waals surface area contributed by atoms with E-state index in [-0.39, 0.29) is 64.4 Å². The molecule has 22 heavy (non-hydrogen) atoms. The first-order chi connectivity index (χ1) is 10.6. The van der Waals surface area contributed by atoms with Crippen molar-refractivity contribution in [2.45, 2.75) is 6.42 Å². The van der Waals surface area contributed by atoms with Crippen LogP contribution < -0.4 is 0 Å². The fourth-order valence-corrected chi connectivity index (χ4v) is 1.25. The van der Waals surface area contributed by atoms with E-state index in [1.807, 2.05) is 0 Å². The first-order valence-electron chi connectivity index (χ1n) is 6.64. The smallest absolute Gasteiger partial charge is 0.335 e. The molecule has 1 saturated heterocycles. The quantitative estimate of drug-likeness (QED) is 0.472. The lowest BCUT2D eigenvalue weighted by Crippen LogP contribution is -2.18. The third kappa shape index (κ3) is 8.40. The lowest BCUT2D eigenvalue weighted by atomic mass is 10.3. The number of carbonyl (C=O) groups excluding carboxylic acids is 2. The van der Waals surface area contributed by atoms with E-state index < -0.39 is 11.9 Å². The highest BCUT2D eigenvalue weighted by Gasteiger charge is 2.09. The summed E-state index contributed by atoms with van der Waals surface area (Å²) in [6.45, 7) is 7.21. The molecule has 0 radical (unpaired) electrons. The van der Waals surface area contributed by atoms with E-state index in [2.05, 4.69) is 13.2 Å². The Morgan fingerprint density at radius 2 is 1.55 bits per heavy atom. The first-order valence-corrected chi connectivity index (χ1v) is 6.64. The van der Waals surface area contributed by atoms with Crippen molar-refractivity contribution in [3.8, 4) is 0 Å². The Morgan fingerprint density at radius 1 is 0.773 bits per heavy atom. The molecule has 8 heteroatoms. The van der Waals surface area contributed by atoms with E-state index >= 15 is 0 Å². The molecule has 8 nitrogen and oxygen atoms in total. The molecule has 1 aliphatic rings. The Bertz CT molecular complexity index is 366. The van der Waals surface area contributed by atoms with Crippen molar-refractivity contribution in [1.29, 1.82) is 0 Å². The zero-order valence-electron chi connectivity index (χ0n) is 12.3. The van der Waals surface area contributed by atoms with Crippen molar-refractivity contribution in [1.82, 2.24) is 0 Å². The highest BCUT2D eigenvalue weighted by molar-refractivity contribution is 5.87. The SMILES string of the molecule is C=C1COC(=O)CCOCOCC(=C)C(=O)OCCOCO1. The average molecular weight is 316 g/mol. The van der Waals surface area contributed by atoms with Gasteiger partial charge in [-0.05, 0) is 0 Å². The molecule has 0 aliphatic carbocycles. The van der Waals surface area contributed by atoms with Gasteiger partial charge in [0.15, 0.2) is 6.79 Å². The van der Waals surface area contributed by atoms with E-state index in [1.165, 1.54) is 0 Å². The summed E-state index contributed by atoms with van der Waals surface area (Å²) in [6.07, 6.45) is 0.0656. The molecule has 0 aromatic carbocycles. The first kappa shape index (κ1) is 18.1. The van der Waals surface area contributed by atoms with Crippen LogP contribution in [0.15, 0.2) is 24.5 Å². The van der Waals surface area contributed by atoms with Gasteiger partial charge < -0.3 is 28.4 Å². The number of carbonyl (C=O) groups is 2. The van der Waals surface area contributed by atoms with Crippen LogP contribution in [0.5, 0.6) is 0 Å². The maximum Gasteiger partial charge on any atom is 0.335 e. The second kappa shape index (κ2) is 10.8. The Balaban J connectivity index is 2.38. The average Bonchev–Trinajstić information content (AvgIpc) is 2.50. The van der Waals surface area contributed by atoms with Crippen LogP contribution in [0.2, 0.25) is 0 Å². The van der Waals surface area contributed by atoms with E-state index in [9.17, 15) is 9.59 Å². The molecule has 124 valence electrons. The summed E-state index contributed by atoms with van der Waals surface area (Å²) in [5.74, 6) is -0.762. The van der Waals surface area contributed by atoms with Crippen LogP contribution in [-0.2, 0) is 38.0 Å². The Morgan fingerprint density at radius 3 is 2.36 bits per heavy atom. The molecule has 0 unspecified atom stereocenters. The standard InChI is InChI=1S/C14H20O8/c1-11-7-19-9-17-4-3-13(15)21-8-12(2)22-10-18-5-6-20-14(11)16/h1-10H2. The highest BCUT2D eigenvalue weighted by atomic mass is 16.7. The molecule has 0 spiro atoms. The van der Waals surface area contributed by atoms with Gasteiger partial charge in [-0.2, -0.15) is 0 Å². The number of cyclic esters (lactones) is 2. The number of esters is 2. The van der Waals surface area contributed by atoms with Crippen LogP contribution in [0.1, 0.15) is 6.42 Å². The molecule has 0 saturated carbocycles. The summed E-state index contributed by atoms with van der Waals surface area (Å²) in [6, 6.07) is 0. The van der Waals surface area contributed by atoms with Gasteiger partial charge in [0.2, 0.25) is 0 Å². The topological polar surface area (TPSA) is 89.5 Å². The van der Waals surface area contributed by atoms with Gasteiger partial charge >= 0.3 is 11.9 Å². The zero-order valence-corrected chi connectivity index (χ0v) is 12.3. The molecule has 0 bridgehead atoms. The molecular weight excluding hydrogens is 296 g/mol. The van der Waals surface area contributed by atoms with Crippen LogP contribution >= 0.6 is 0 Å². The monoisotopic (exact) mass is 316 g/mol. The second-order valence-electron chi connectivity index (χ2n) is 4.23. The predicted octanol–water partition coefficient (Wildman–Crippen LogP) is 0.528. The van der Waals surface area contributed by atoms with E-state index in [0.29, 0.717) is 0 Å². The van der Waals surface area contributed by atoms with Crippen molar-refractivity contribution < 1.29 is 38.0 Å². The van der Waals surface area contributed by atoms with Crippen LogP contribution in [0.25, 0.3) is 0 Å². The van der Waals surface area contributed by atoms with Gasteiger partial charge in [-0.3, -0.25) is 4.79 Å². The summed E-state index contributed by atoms with van der Waals surface area (Å²) in [4.78, 5) is 22.9. The van der Waals surface area contributed by atoms with E-state index in [0.717, 1.165) is 0 Å². The fraction of sp³-hybridized carbons (Fsp3) is 0.571. The largest absolute Gasteiger partial charge is 0.469 e. The van der Waals surface area contributed by atoms with Gasteiger partial charge in [0.25, 0.3) is 0 Å². The van der Waals surface area contributed by atoms with Crippen molar-refractivity contribution in [2.75, 3.05) is 46.6 Å². The van der Waals surface area contributed by atoms with Crippen LogP contribution in [0.3, 0.4) is 0 Å². The van der Waals surface area contributed by atoms with Crippen molar-refractivity contribution >= 4 is 11.9 Å². The van der Waals surface area contributed by atoms with Gasteiger partial charge in [-0.15, -0.1) is 0 Å². The Kier molecular flexibility index (Phi) is 8.89. The van der Waals surface area contributed by atoms with E-state index in [1.54, 1.807) is 0 Å². The molecule has 1 rings (SSSR count). The fourth-order valence-electron chi connectivity index (χ4n) is 1.25. The van der Waals surface area contributed by atoms with Crippen LogP contribution in [0.4, 0.5) is 0 Å². The second-order valence-corrected chi connectivity index (χ2v) is 4.23. The number of hydrogen-bond donors (Lipinski definition) is 0. The van der Waals surface area contributed by atoms with Gasteiger partial charge in [-0.25, -0.2) is 4.79 Å². The van der Waals surface area contributed by atoms with E-state index in [4.69, 9.17) is 28.4 Å². The predicted molar refractivity (Wildman–Crippen MR) is 73.5 cm³/mol. The van der Waals surface area contributed by atoms with Gasteiger partial charge in [-0.1, -0.05) is 13.2 Å². The summed E-state index contributed by atoms with van der Waals surface area (Å²) in [5.41, 5.74) is 0.161. The molecule has 0 atom stereocenters. The van der Waals surface area contributed by atoms with Crippen molar-refractivity contribution in [3.05, 3.63) is 24.5 Å². The summed E-state index contributed by atoms with van der Waals surface area (Å²) in [7, 11) is 0. The Hall–Kier alpha value is -1.90. The maximum atomic E-state index is 11.5. The normalized spacial score (nSPS) is 21.1. The summed E-state index contributed by atoms with van der Waals surface area (Å²) >= 11 is 0. The molecule has 0 N–H and O–H groups in total. The summed E-state index contributed by atoms with van der Waals surface area (Å²) < 4.78 is 30.1. The molecule has 0 aromatic rings. The van der Waals surface area contributed by atoms with Crippen molar-refractivity contribution in [3.63, 3.8) is 0 Å². The molecule has 1 aliphatic heterocycles. The zero-order chi connectivity index (χ0) is 16.2. The highest BCUT2D eigenvalue weighted by Crippen LogP contribution is 2.00. The lowest BCUT2D eigenvalue weighted by molar-refractivity contribution is -0.148. The molecule has 1 fully saturated rings. The minimum absolute atomic E-state index is 0.0208. The lowest BCUT2D eigenvalue weighted by Gasteiger charge is -2.12. The van der Waals surface area contributed by atoms with Crippen molar-refractivity contribution in [2.24, 2.45) is 0 Å². The third-order valence-corrected chi connectivity index (χ3v) is 2.38. The maximum absolute atomic E-state index is 11.5. The molecular formula is C14H20O8. The minimum Gasteiger partial charge on any atom is -0.469 e. The third-order valence-electron chi connectivity index (χ3n) is 2.38. The van der Waals surface area contributed by atoms with Gasteiger partial charge in [0.1, 0.15) is 25.8 Å². The van der Waals surface area contributed by atoms with Gasteiger partial charge in [0, 0.05) is 0 Å². The van der Waals surface area contributed by atoms with Crippen LogP contribution in [-0.4, -0.2) is 58.6 Å². The molecule has 1 heterocycles. The Labute approximate surface area is 128 Å². The summed E-state index contributed by atoms with van der Waals surface area (Å²) in [5, 5.41) is 0. The number of rotatable bonds is 0. The minimum atomic E-state index is -0.571. The number of hydrogen-bond acceptors (Lipinski definition) is 8. The van der Waals surface area contributed by atoms with Gasteiger partial charge in [0.05, 0.1) is 31.8 Å². The van der Waals surface area contributed by atoms with Crippen LogP contribution in [0, 0.1) is 0 Å². The number of ether oxygens (including phenoxy) is 6. The molecule has 0 aromatic heterocycles.